The lowest BCUT2D eigenvalue weighted by Gasteiger charge is -2.09. The van der Waals surface area contributed by atoms with Crippen LogP contribution in [0.2, 0.25) is 0 Å². The number of hydrogen-bond acceptors (Lipinski definition) is 5. The van der Waals surface area contributed by atoms with Crippen LogP contribution in [0.25, 0.3) is 27.5 Å². The molecule has 0 unspecified atom stereocenters. The van der Waals surface area contributed by atoms with Crippen molar-refractivity contribution >= 4 is 39.5 Å². The maximum atomic E-state index is 5.33. The fourth-order valence-corrected chi connectivity index (χ4v) is 3.36. The summed E-state index contributed by atoms with van der Waals surface area (Å²) in [6.45, 7) is 0. The molecule has 5 rings (SSSR count). The number of benzene rings is 2. The Morgan fingerprint density at radius 1 is 1.00 bits per heavy atom. The molecule has 6 heteroatoms. The number of ether oxygens (including phenoxy) is 1. The molecule has 5 aromatic rings. The second-order valence-electron chi connectivity index (χ2n) is 6.37. The summed E-state index contributed by atoms with van der Waals surface area (Å²) in [6.07, 6.45) is 5.59. The zero-order chi connectivity index (χ0) is 18.9. The number of hydrogen-bond donors (Lipinski definition) is 1. The average Bonchev–Trinajstić information content (AvgIpc) is 3.24. The highest BCUT2D eigenvalue weighted by Crippen LogP contribution is 2.25. The Hall–Kier alpha value is -3.93. The number of methoxy groups -OCH3 is 1. The van der Waals surface area contributed by atoms with Gasteiger partial charge in [0.1, 0.15) is 5.75 Å². The number of anilines is 1. The second kappa shape index (κ2) is 6.66. The number of pyridine rings is 1. The van der Waals surface area contributed by atoms with Crippen LogP contribution < -0.4 is 10.2 Å². The molecule has 0 aliphatic heterocycles. The van der Waals surface area contributed by atoms with Gasteiger partial charge in [0.15, 0.2) is 5.82 Å². The SMILES string of the molecule is COc1ccc2c(c1)nc(NN=Cc1ccnc3ccccc13)c1cccn12. The van der Waals surface area contributed by atoms with Crippen LogP contribution in [0.1, 0.15) is 5.56 Å². The standard InChI is InChI=1S/C22H17N5O/c1-28-16-8-9-20-19(13-16)25-22(21-7-4-12-27(20)21)26-24-14-15-10-11-23-18-6-3-2-5-17(15)18/h2-14H,1H3,(H,25,26). The van der Waals surface area contributed by atoms with Crippen LogP contribution >= 0.6 is 0 Å². The first-order valence-electron chi connectivity index (χ1n) is 8.91. The van der Waals surface area contributed by atoms with E-state index in [9.17, 15) is 0 Å². The maximum absolute atomic E-state index is 5.33. The molecule has 0 bridgehead atoms. The molecule has 2 aromatic carbocycles. The van der Waals surface area contributed by atoms with Crippen molar-refractivity contribution in [3.63, 3.8) is 0 Å². The smallest absolute Gasteiger partial charge is 0.171 e. The van der Waals surface area contributed by atoms with Gasteiger partial charge < -0.3 is 9.14 Å². The van der Waals surface area contributed by atoms with E-state index in [2.05, 4.69) is 19.9 Å². The average molecular weight is 367 g/mol. The first-order chi connectivity index (χ1) is 13.8. The highest BCUT2D eigenvalue weighted by atomic mass is 16.5. The summed E-state index contributed by atoms with van der Waals surface area (Å²) >= 11 is 0. The molecule has 0 saturated carbocycles. The lowest BCUT2D eigenvalue weighted by atomic mass is 10.1. The van der Waals surface area contributed by atoms with E-state index < -0.39 is 0 Å². The van der Waals surface area contributed by atoms with Gasteiger partial charge in [-0.3, -0.25) is 10.4 Å². The summed E-state index contributed by atoms with van der Waals surface area (Å²) in [4.78, 5) is 9.12. The van der Waals surface area contributed by atoms with Gasteiger partial charge in [-0.1, -0.05) is 18.2 Å². The molecule has 3 aromatic heterocycles. The fourth-order valence-electron chi connectivity index (χ4n) is 3.36. The van der Waals surface area contributed by atoms with E-state index in [4.69, 9.17) is 9.72 Å². The molecule has 0 fully saturated rings. The Labute approximate surface area is 161 Å². The monoisotopic (exact) mass is 367 g/mol. The number of rotatable bonds is 4. The molecule has 136 valence electrons. The fraction of sp³-hybridized carbons (Fsp3) is 0.0455. The van der Waals surface area contributed by atoms with Crippen molar-refractivity contribution in [3.8, 4) is 5.75 Å². The lowest BCUT2D eigenvalue weighted by Crippen LogP contribution is -1.99. The number of hydrazone groups is 1. The van der Waals surface area contributed by atoms with Gasteiger partial charge in [0.2, 0.25) is 0 Å². The van der Waals surface area contributed by atoms with Crippen LogP contribution in [0.4, 0.5) is 5.82 Å². The molecule has 0 aliphatic carbocycles. The molecule has 28 heavy (non-hydrogen) atoms. The summed E-state index contributed by atoms with van der Waals surface area (Å²) in [7, 11) is 1.65. The van der Waals surface area contributed by atoms with E-state index >= 15 is 0 Å². The van der Waals surface area contributed by atoms with Gasteiger partial charge in [-0.15, -0.1) is 0 Å². The molecule has 0 radical (unpaired) electrons. The zero-order valence-corrected chi connectivity index (χ0v) is 15.2. The quantitative estimate of drug-likeness (QED) is 0.375. The highest BCUT2D eigenvalue weighted by molar-refractivity contribution is 5.98. The Morgan fingerprint density at radius 2 is 1.93 bits per heavy atom. The third-order valence-electron chi connectivity index (χ3n) is 4.72. The summed E-state index contributed by atoms with van der Waals surface area (Å²) in [5, 5.41) is 5.49. The number of aromatic nitrogens is 3. The van der Waals surface area contributed by atoms with Crippen molar-refractivity contribution in [2.45, 2.75) is 0 Å². The van der Waals surface area contributed by atoms with Crippen molar-refractivity contribution in [2.24, 2.45) is 5.10 Å². The number of nitrogens with one attached hydrogen (secondary N) is 1. The largest absolute Gasteiger partial charge is 0.497 e. The third-order valence-corrected chi connectivity index (χ3v) is 4.72. The summed E-state index contributed by atoms with van der Waals surface area (Å²) in [6, 6.07) is 19.8. The van der Waals surface area contributed by atoms with E-state index in [0.717, 1.165) is 38.8 Å². The van der Waals surface area contributed by atoms with Crippen LogP contribution in [-0.4, -0.2) is 27.7 Å². The molecule has 0 aliphatic rings. The van der Waals surface area contributed by atoms with Gasteiger partial charge in [-0.05, 0) is 36.4 Å². The van der Waals surface area contributed by atoms with Crippen molar-refractivity contribution in [1.82, 2.24) is 14.4 Å². The predicted octanol–water partition coefficient (Wildman–Crippen LogP) is 4.49. The van der Waals surface area contributed by atoms with Gasteiger partial charge in [-0.25, -0.2) is 4.98 Å². The third kappa shape index (κ3) is 2.72. The normalized spacial score (nSPS) is 11.6. The highest BCUT2D eigenvalue weighted by Gasteiger charge is 2.08. The van der Waals surface area contributed by atoms with Crippen LogP contribution in [0.3, 0.4) is 0 Å². The zero-order valence-electron chi connectivity index (χ0n) is 15.2. The van der Waals surface area contributed by atoms with Gasteiger partial charge in [0.05, 0.1) is 35.4 Å². The molecule has 1 N–H and O–H groups in total. The minimum absolute atomic E-state index is 0.681. The second-order valence-corrected chi connectivity index (χ2v) is 6.37. The molecular weight excluding hydrogens is 350 g/mol. The molecule has 6 nitrogen and oxygen atoms in total. The molecular formula is C22H17N5O. The molecule has 0 spiro atoms. The van der Waals surface area contributed by atoms with E-state index in [0.29, 0.717) is 5.82 Å². The predicted molar refractivity (Wildman–Crippen MR) is 112 cm³/mol. The Balaban J connectivity index is 1.55. The summed E-state index contributed by atoms with van der Waals surface area (Å²) < 4.78 is 7.42. The topological polar surface area (TPSA) is 63.8 Å². The van der Waals surface area contributed by atoms with E-state index in [1.807, 2.05) is 66.9 Å². The Kier molecular flexibility index (Phi) is 3.87. The first-order valence-corrected chi connectivity index (χ1v) is 8.91. The summed E-state index contributed by atoms with van der Waals surface area (Å²) in [5.74, 6) is 1.45. The van der Waals surface area contributed by atoms with Crippen LogP contribution in [0, 0.1) is 0 Å². The van der Waals surface area contributed by atoms with Gasteiger partial charge in [0.25, 0.3) is 0 Å². The van der Waals surface area contributed by atoms with E-state index in [1.165, 1.54) is 0 Å². The van der Waals surface area contributed by atoms with Gasteiger partial charge in [0, 0.05) is 29.4 Å². The molecule has 0 amide bonds. The molecule has 3 heterocycles. The Bertz CT molecular complexity index is 1330. The van der Waals surface area contributed by atoms with Crippen molar-refractivity contribution in [1.29, 1.82) is 0 Å². The van der Waals surface area contributed by atoms with Crippen LogP contribution in [0.15, 0.2) is 78.2 Å². The van der Waals surface area contributed by atoms with Gasteiger partial charge in [-0.2, -0.15) is 5.10 Å². The van der Waals surface area contributed by atoms with Crippen molar-refractivity contribution < 1.29 is 4.74 Å². The van der Waals surface area contributed by atoms with Crippen LogP contribution in [0.5, 0.6) is 5.75 Å². The van der Waals surface area contributed by atoms with Crippen molar-refractivity contribution in [3.05, 3.63) is 78.6 Å². The number of para-hydroxylation sites is 1. The first kappa shape index (κ1) is 16.3. The van der Waals surface area contributed by atoms with Gasteiger partial charge >= 0.3 is 0 Å². The number of nitrogens with zero attached hydrogens (tertiary/aromatic N) is 4. The minimum atomic E-state index is 0.681. The minimum Gasteiger partial charge on any atom is -0.497 e. The van der Waals surface area contributed by atoms with E-state index in [-0.39, 0.29) is 0 Å². The van der Waals surface area contributed by atoms with Crippen LogP contribution in [-0.2, 0) is 0 Å². The molecule has 0 atom stereocenters. The Morgan fingerprint density at radius 3 is 2.86 bits per heavy atom. The maximum Gasteiger partial charge on any atom is 0.171 e. The summed E-state index contributed by atoms with van der Waals surface area (Å²) in [5.41, 5.74) is 7.82. The molecule has 0 saturated heterocycles. The van der Waals surface area contributed by atoms with Crippen molar-refractivity contribution in [2.75, 3.05) is 12.5 Å². The van der Waals surface area contributed by atoms with E-state index in [1.54, 1.807) is 19.5 Å². The number of fused-ring (bicyclic) bond motifs is 4. The lowest BCUT2D eigenvalue weighted by molar-refractivity contribution is 0.415.